The third-order valence-corrected chi connectivity index (χ3v) is 1.95. The molecule has 0 aliphatic rings. The van der Waals surface area contributed by atoms with E-state index >= 15 is 0 Å². The third kappa shape index (κ3) is 8.27. The number of rotatable bonds is 9. The van der Waals surface area contributed by atoms with E-state index in [9.17, 15) is 0 Å². The quantitative estimate of drug-likeness (QED) is 0.455. The second kappa shape index (κ2) is 9.22. The molecule has 1 unspecified atom stereocenters. The fourth-order valence-electron chi connectivity index (χ4n) is 1.33. The molecule has 0 aliphatic heterocycles. The van der Waals surface area contributed by atoms with Crippen LogP contribution in [-0.4, -0.2) is 25.8 Å². The van der Waals surface area contributed by atoms with Gasteiger partial charge in [-0.2, -0.15) is 0 Å². The maximum atomic E-state index is 5.54. The summed E-state index contributed by atoms with van der Waals surface area (Å²) in [5, 5.41) is 3.47. The zero-order chi connectivity index (χ0) is 10.8. The molecule has 0 aromatic rings. The Kier molecular flexibility index (Phi) is 9.00. The molecular weight excluding hydrogens is 174 g/mol. The molecule has 0 fully saturated rings. The fourth-order valence-corrected chi connectivity index (χ4v) is 1.33. The number of hydrogen-bond acceptors (Lipinski definition) is 2. The van der Waals surface area contributed by atoms with Gasteiger partial charge in [0.1, 0.15) is 0 Å². The van der Waals surface area contributed by atoms with Crippen molar-refractivity contribution in [3.63, 3.8) is 0 Å². The van der Waals surface area contributed by atoms with E-state index in [-0.39, 0.29) is 0 Å². The van der Waals surface area contributed by atoms with Crippen molar-refractivity contribution < 1.29 is 4.74 Å². The summed E-state index contributed by atoms with van der Waals surface area (Å²) in [6.07, 6.45) is 3.28. The van der Waals surface area contributed by atoms with Gasteiger partial charge in [0.15, 0.2) is 0 Å². The molecule has 0 heterocycles. The van der Waals surface area contributed by atoms with E-state index in [1.165, 1.54) is 12.0 Å². The van der Waals surface area contributed by atoms with Gasteiger partial charge in [-0.15, -0.1) is 6.58 Å². The summed E-state index contributed by atoms with van der Waals surface area (Å²) in [6, 6.07) is 0.444. The van der Waals surface area contributed by atoms with Gasteiger partial charge < -0.3 is 10.1 Å². The second-order valence-electron chi connectivity index (χ2n) is 3.89. The van der Waals surface area contributed by atoms with Crippen molar-refractivity contribution in [1.82, 2.24) is 5.32 Å². The number of nitrogens with one attached hydrogen (secondary N) is 1. The predicted molar refractivity (Wildman–Crippen MR) is 62.6 cm³/mol. The zero-order valence-electron chi connectivity index (χ0n) is 9.94. The lowest BCUT2D eigenvalue weighted by Crippen LogP contribution is -2.34. The van der Waals surface area contributed by atoms with Crippen LogP contribution in [0.25, 0.3) is 0 Å². The topological polar surface area (TPSA) is 21.3 Å². The van der Waals surface area contributed by atoms with E-state index in [0.29, 0.717) is 6.04 Å². The Morgan fingerprint density at radius 3 is 2.57 bits per heavy atom. The van der Waals surface area contributed by atoms with E-state index in [1.54, 1.807) is 0 Å². The van der Waals surface area contributed by atoms with Crippen molar-refractivity contribution in [2.45, 2.75) is 46.1 Å². The van der Waals surface area contributed by atoms with Crippen LogP contribution < -0.4 is 5.32 Å². The minimum Gasteiger partial charge on any atom is -0.380 e. The molecule has 0 amide bonds. The van der Waals surface area contributed by atoms with E-state index < -0.39 is 0 Å². The van der Waals surface area contributed by atoms with Crippen molar-refractivity contribution in [1.29, 1.82) is 0 Å². The molecule has 0 aliphatic carbocycles. The highest BCUT2D eigenvalue weighted by atomic mass is 16.5. The first kappa shape index (κ1) is 13.7. The molecule has 0 rings (SSSR count). The monoisotopic (exact) mass is 199 g/mol. The molecule has 0 bridgehead atoms. The summed E-state index contributed by atoms with van der Waals surface area (Å²) in [6.45, 7) is 13.0. The highest BCUT2D eigenvalue weighted by molar-refractivity contribution is 4.92. The van der Waals surface area contributed by atoms with Crippen molar-refractivity contribution in [2.75, 3.05) is 19.8 Å². The average Bonchev–Trinajstić information content (AvgIpc) is 2.13. The van der Waals surface area contributed by atoms with E-state index in [2.05, 4.69) is 32.7 Å². The molecule has 14 heavy (non-hydrogen) atoms. The van der Waals surface area contributed by atoms with Gasteiger partial charge in [0.05, 0.1) is 6.61 Å². The Morgan fingerprint density at radius 2 is 2.07 bits per heavy atom. The Bertz CT molecular complexity index is 145. The minimum absolute atomic E-state index is 0.444. The maximum absolute atomic E-state index is 5.54. The normalized spacial score (nSPS) is 12.8. The van der Waals surface area contributed by atoms with Gasteiger partial charge in [0.25, 0.3) is 0 Å². The van der Waals surface area contributed by atoms with Crippen LogP contribution >= 0.6 is 0 Å². The molecule has 0 aromatic carbocycles. The first-order valence-corrected chi connectivity index (χ1v) is 5.66. The van der Waals surface area contributed by atoms with Gasteiger partial charge in [-0.25, -0.2) is 0 Å². The van der Waals surface area contributed by atoms with Crippen LogP contribution in [0.1, 0.15) is 40.0 Å². The van der Waals surface area contributed by atoms with Crippen molar-refractivity contribution in [3.8, 4) is 0 Å². The summed E-state index contributed by atoms with van der Waals surface area (Å²) in [7, 11) is 0. The smallest absolute Gasteiger partial charge is 0.0622 e. The third-order valence-electron chi connectivity index (χ3n) is 1.95. The van der Waals surface area contributed by atoms with Crippen LogP contribution in [0.5, 0.6) is 0 Å². The summed E-state index contributed by atoms with van der Waals surface area (Å²) < 4.78 is 5.54. The summed E-state index contributed by atoms with van der Waals surface area (Å²) in [4.78, 5) is 0. The van der Waals surface area contributed by atoms with Crippen molar-refractivity contribution >= 4 is 0 Å². The minimum atomic E-state index is 0.444. The Morgan fingerprint density at radius 1 is 1.36 bits per heavy atom. The SMILES string of the molecule is C=C(C)CC(COCCC)NCCC. The zero-order valence-corrected chi connectivity index (χ0v) is 9.94. The lowest BCUT2D eigenvalue weighted by Gasteiger charge is -2.18. The molecule has 1 N–H and O–H groups in total. The standard InChI is InChI=1S/C12H25NO/c1-5-7-13-12(9-11(3)4)10-14-8-6-2/h12-13H,3,5-10H2,1-2,4H3. The summed E-state index contributed by atoms with van der Waals surface area (Å²) in [5.41, 5.74) is 1.22. The maximum Gasteiger partial charge on any atom is 0.0622 e. The Labute approximate surface area is 88.7 Å². The second-order valence-corrected chi connectivity index (χ2v) is 3.89. The molecule has 0 aromatic heterocycles. The first-order chi connectivity index (χ1) is 6.70. The fraction of sp³-hybridized carbons (Fsp3) is 0.833. The molecule has 0 saturated heterocycles. The molecular formula is C12H25NO. The highest BCUT2D eigenvalue weighted by Crippen LogP contribution is 2.03. The van der Waals surface area contributed by atoms with Gasteiger partial charge >= 0.3 is 0 Å². The molecule has 1 atom stereocenters. The lowest BCUT2D eigenvalue weighted by atomic mass is 10.1. The van der Waals surface area contributed by atoms with Crippen molar-refractivity contribution in [2.24, 2.45) is 0 Å². The van der Waals surface area contributed by atoms with E-state index in [4.69, 9.17) is 4.74 Å². The van der Waals surface area contributed by atoms with Crippen LogP contribution in [-0.2, 0) is 4.74 Å². The van der Waals surface area contributed by atoms with Crippen LogP contribution in [0.4, 0.5) is 0 Å². The number of ether oxygens (including phenoxy) is 1. The summed E-state index contributed by atoms with van der Waals surface area (Å²) >= 11 is 0. The molecule has 0 saturated carbocycles. The molecule has 2 heteroatoms. The van der Waals surface area contributed by atoms with Crippen LogP contribution in [0.3, 0.4) is 0 Å². The highest BCUT2D eigenvalue weighted by Gasteiger charge is 2.07. The first-order valence-electron chi connectivity index (χ1n) is 5.66. The predicted octanol–water partition coefficient (Wildman–Crippen LogP) is 2.75. The molecule has 0 spiro atoms. The largest absolute Gasteiger partial charge is 0.380 e. The molecule has 2 nitrogen and oxygen atoms in total. The van der Waals surface area contributed by atoms with Gasteiger partial charge in [0, 0.05) is 12.6 Å². The lowest BCUT2D eigenvalue weighted by molar-refractivity contribution is 0.112. The van der Waals surface area contributed by atoms with Gasteiger partial charge in [0.2, 0.25) is 0 Å². The Balaban J connectivity index is 3.66. The molecule has 0 radical (unpaired) electrons. The van der Waals surface area contributed by atoms with E-state index in [0.717, 1.165) is 32.6 Å². The van der Waals surface area contributed by atoms with E-state index in [1.807, 2.05) is 0 Å². The van der Waals surface area contributed by atoms with Gasteiger partial charge in [-0.05, 0) is 32.7 Å². The van der Waals surface area contributed by atoms with Crippen LogP contribution in [0.2, 0.25) is 0 Å². The van der Waals surface area contributed by atoms with Gasteiger partial charge in [-0.3, -0.25) is 0 Å². The summed E-state index contributed by atoms with van der Waals surface area (Å²) in [5.74, 6) is 0. The van der Waals surface area contributed by atoms with Crippen LogP contribution in [0, 0.1) is 0 Å². The molecule has 84 valence electrons. The van der Waals surface area contributed by atoms with Crippen LogP contribution in [0.15, 0.2) is 12.2 Å². The average molecular weight is 199 g/mol. The Hall–Kier alpha value is -0.340. The van der Waals surface area contributed by atoms with Gasteiger partial charge in [-0.1, -0.05) is 19.4 Å². The number of hydrogen-bond donors (Lipinski definition) is 1. The van der Waals surface area contributed by atoms with Crippen molar-refractivity contribution in [3.05, 3.63) is 12.2 Å².